The number of carbonyl (C=O) groups is 2. The number of benzene rings is 2. The number of nitrogens with one attached hydrogen (secondary N) is 1. The zero-order chi connectivity index (χ0) is 20.2. The molecule has 5 nitrogen and oxygen atoms in total. The average molecular weight is 407 g/mol. The molecule has 148 valence electrons. The van der Waals surface area contributed by atoms with E-state index in [4.69, 9.17) is 4.42 Å². The highest BCUT2D eigenvalue weighted by atomic mass is 32.2. The molecule has 1 fully saturated rings. The quantitative estimate of drug-likeness (QED) is 0.653. The van der Waals surface area contributed by atoms with Crippen molar-refractivity contribution in [3.63, 3.8) is 0 Å². The van der Waals surface area contributed by atoms with Gasteiger partial charge in [-0.05, 0) is 42.3 Å². The van der Waals surface area contributed by atoms with Crippen LogP contribution in [0.1, 0.15) is 45.6 Å². The van der Waals surface area contributed by atoms with E-state index in [1.807, 2.05) is 78.6 Å². The fourth-order valence-corrected chi connectivity index (χ4v) is 4.56. The Morgan fingerprint density at radius 1 is 1.14 bits per heavy atom. The normalized spacial score (nSPS) is 17.3. The lowest BCUT2D eigenvalue weighted by atomic mass is 10.1. The smallest absolute Gasteiger partial charge is 0.251 e. The van der Waals surface area contributed by atoms with E-state index in [1.165, 1.54) is 0 Å². The van der Waals surface area contributed by atoms with Crippen LogP contribution in [0.3, 0.4) is 0 Å². The van der Waals surface area contributed by atoms with Crippen molar-refractivity contribution in [1.82, 2.24) is 10.2 Å². The second kappa shape index (κ2) is 8.57. The lowest BCUT2D eigenvalue weighted by molar-refractivity contribution is -0.128. The van der Waals surface area contributed by atoms with Gasteiger partial charge in [-0.2, -0.15) is 0 Å². The Morgan fingerprint density at radius 3 is 2.59 bits per heavy atom. The number of thioether (sulfide) groups is 1. The second-order valence-corrected chi connectivity index (χ2v) is 8.06. The number of nitrogens with zero attached hydrogens (tertiary/aromatic N) is 1. The molecule has 0 aliphatic carbocycles. The van der Waals surface area contributed by atoms with E-state index in [1.54, 1.807) is 18.0 Å². The van der Waals surface area contributed by atoms with Gasteiger partial charge in [0.05, 0.1) is 24.6 Å². The van der Waals surface area contributed by atoms with E-state index < -0.39 is 0 Å². The topological polar surface area (TPSA) is 62.6 Å². The molecule has 29 heavy (non-hydrogen) atoms. The van der Waals surface area contributed by atoms with Gasteiger partial charge in [-0.15, -0.1) is 11.8 Å². The van der Waals surface area contributed by atoms with Gasteiger partial charge < -0.3 is 14.6 Å². The molecule has 3 aromatic rings. The lowest BCUT2D eigenvalue weighted by Gasteiger charge is -2.23. The third-order valence-corrected chi connectivity index (χ3v) is 6.24. The van der Waals surface area contributed by atoms with Crippen molar-refractivity contribution >= 4 is 23.6 Å². The van der Waals surface area contributed by atoms with E-state index in [0.29, 0.717) is 17.9 Å². The largest absolute Gasteiger partial charge is 0.467 e. The Balaban J connectivity index is 1.44. The van der Waals surface area contributed by atoms with Crippen LogP contribution in [-0.2, 0) is 11.3 Å². The minimum Gasteiger partial charge on any atom is -0.467 e. The average Bonchev–Trinajstić information content (AvgIpc) is 3.39. The summed E-state index contributed by atoms with van der Waals surface area (Å²) in [5.74, 6) is 1.18. The Hall–Kier alpha value is -2.99. The van der Waals surface area contributed by atoms with Gasteiger partial charge in [-0.25, -0.2) is 0 Å². The monoisotopic (exact) mass is 406 g/mol. The number of amides is 2. The first-order valence-corrected chi connectivity index (χ1v) is 10.6. The van der Waals surface area contributed by atoms with E-state index in [-0.39, 0.29) is 23.2 Å². The molecule has 2 amide bonds. The summed E-state index contributed by atoms with van der Waals surface area (Å²) in [6.07, 6.45) is 1.61. The SMILES string of the molecule is CC(NC(=O)c1ccc(C2SCC(=O)N2Cc2ccco2)cc1)c1ccccc1. The maximum absolute atomic E-state index is 12.6. The fourth-order valence-electron chi connectivity index (χ4n) is 3.38. The third-order valence-electron chi connectivity index (χ3n) is 4.98. The van der Waals surface area contributed by atoms with E-state index >= 15 is 0 Å². The van der Waals surface area contributed by atoms with Crippen LogP contribution >= 0.6 is 11.8 Å². The van der Waals surface area contributed by atoms with Gasteiger partial charge in [0.25, 0.3) is 5.91 Å². The van der Waals surface area contributed by atoms with Crippen LogP contribution in [0.15, 0.2) is 77.4 Å². The van der Waals surface area contributed by atoms with Crippen LogP contribution in [0.4, 0.5) is 0 Å². The number of furan rings is 1. The van der Waals surface area contributed by atoms with Crippen LogP contribution in [0.25, 0.3) is 0 Å². The molecule has 1 aromatic heterocycles. The molecule has 4 rings (SSSR count). The first kappa shape index (κ1) is 19.3. The summed E-state index contributed by atoms with van der Waals surface area (Å²) in [7, 11) is 0. The molecule has 2 atom stereocenters. The van der Waals surface area contributed by atoms with Gasteiger partial charge in [0.2, 0.25) is 5.91 Å². The summed E-state index contributed by atoms with van der Waals surface area (Å²) in [5.41, 5.74) is 2.66. The first-order chi connectivity index (χ1) is 14.1. The van der Waals surface area contributed by atoms with Gasteiger partial charge in [0, 0.05) is 5.56 Å². The molecule has 1 aliphatic heterocycles. The summed E-state index contributed by atoms with van der Waals surface area (Å²) in [4.78, 5) is 26.7. The zero-order valence-corrected chi connectivity index (χ0v) is 16.9. The standard InChI is InChI=1S/C23H22N2O3S/c1-16(17-6-3-2-4-7-17)24-22(27)18-9-11-19(12-10-18)23-25(21(26)15-29-23)14-20-8-5-13-28-20/h2-13,16,23H,14-15H2,1H3,(H,24,27). The highest BCUT2D eigenvalue weighted by molar-refractivity contribution is 8.00. The van der Waals surface area contributed by atoms with Crippen molar-refractivity contribution in [3.8, 4) is 0 Å². The minimum absolute atomic E-state index is 0.0739. The predicted octanol–water partition coefficient (Wildman–Crippen LogP) is 4.54. The summed E-state index contributed by atoms with van der Waals surface area (Å²) in [6, 6.07) is 21.0. The van der Waals surface area contributed by atoms with E-state index in [2.05, 4.69) is 5.32 Å². The molecule has 0 saturated carbocycles. The van der Waals surface area contributed by atoms with Crippen LogP contribution in [-0.4, -0.2) is 22.5 Å². The number of hydrogen-bond donors (Lipinski definition) is 1. The Kier molecular flexibility index (Phi) is 5.71. The molecule has 2 heterocycles. The summed E-state index contributed by atoms with van der Waals surface area (Å²) >= 11 is 1.59. The molecule has 0 radical (unpaired) electrons. The molecule has 6 heteroatoms. The van der Waals surface area contributed by atoms with Crippen LogP contribution in [0, 0.1) is 0 Å². The molecule has 1 N–H and O–H groups in total. The van der Waals surface area contributed by atoms with Crippen molar-refractivity contribution in [1.29, 1.82) is 0 Å². The molecule has 2 aromatic carbocycles. The Labute approximate surface area is 174 Å². The molecule has 0 spiro atoms. The number of rotatable bonds is 6. The van der Waals surface area contributed by atoms with Crippen molar-refractivity contribution in [2.24, 2.45) is 0 Å². The highest BCUT2D eigenvalue weighted by Gasteiger charge is 2.33. The van der Waals surface area contributed by atoms with Gasteiger partial charge >= 0.3 is 0 Å². The van der Waals surface area contributed by atoms with Crippen molar-refractivity contribution in [3.05, 3.63) is 95.4 Å². The fraction of sp³-hybridized carbons (Fsp3) is 0.217. The molecule has 0 bridgehead atoms. The summed E-state index contributed by atoms with van der Waals surface area (Å²) in [5, 5.41) is 2.95. The van der Waals surface area contributed by atoms with Crippen molar-refractivity contribution in [2.45, 2.75) is 24.9 Å². The third kappa shape index (κ3) is 4.38. The lowest BCUT2D eigenvalue weighted by Crippen LogP contribution is -2.28. The molecule has 2 unspecified atom stereocenters. The molecular weight excluding hydrogens is 384 g/mol. The minimum atomic E-state index is -0.115. The van der Waals surface area contributed by atoms with Crippen molar-refractivity contribution < 1.29 is 14.0 Å². The second-order valence-electron chi connectivity index (χ2n) is 6.99. The van der Waals surface area contributed by atoms with E-state index in [0.717, 1.165) is 16.9 Å². The number of carbonyl (C=O) groups excluding carboxylic acids is 2. The molecule has 1 saturated heterocycles. The van der Waals surface area contributed by atoms with Gasteiger partial charge in [0.15, 0.2) is 0 Å². The summed E-state index contributed by atoms with van der Waals surface area (Å²) < 4.78 is 5.40. The maximum atomic E-state index is 12.6. The number of hydrogen-bond acceptors (Lipinski definition) is 4. The Morgan fingerprint density at radius 2 is 1.90 bits per heavy atom. The Bertz CT molecular complexity index is 971. The first-order valence-electron chi connectivity index (χ1n) is 9.51. The molecular formula is C23H22N2O3S. The van der Waals surface area contributed by atoms with Crippen LogP contribution < -0.4 is 5.32 Å². The zero-order valence-electron chi connectivity index (χ0n) is 16.1. The highest BCUT2D eigenvalue weighted by Crippen LogP contribution is 2.39. The summed E-state index contributed by atoms with van der Waals surface area (Å²) in [6.45, 7) is 2.41. The van der Waals surface area contributed by atoms with Crippen LogP contribution in [0.2, 0.25) is 0 Å². The van der Waals surface area contributed by atoms with E-state index in [9.17, 15) is 9.59 Å². The predicted molar refractivity (Wildman–Crippen MR) is 113 cm³/mol. The maximum Gasteiger partial charge on any atom is 0.251 e. The van der Waals surface area contributed by atoms with Gasteiger partial charge in [-0.3, -0.25) is 9.59 Å². The van der Waals surface area contributed by atoms with Gasteiger partial charge in [0.1, 0.15) is 11.1 Å². The van der Waals surface area contributed by atoms with Crippen molar-refractivity contribution in [2.75, 3.05) is 5.75 Å². The molecule has 1 aliphatic rings. The van der Waals surface area contributed by atoms with Crippen LogP contribution in [0.5, 0.6) is 0 Å². The van der Waals surface area contributed by atoms with Gasteiger partial charge in [-0.1, -0.05) is 42.5 Å².